The van der Waals surface area contributed by atoms with Gasteiger partial charge in [-0.25, -0.2) is 9.59 Å². The summed E-state index contributed by atoms with van der Waals surface area (Å²) in [6.45, 7) is 9.48. The summed E-state index contributed by atoms with van der Waals surface area (Å²) in [6.07, 6.45) is 1.24. The van der Waals surface area contributed by atoms with Crippen LogP contribution in [0.1, 0.15) is 69.5 Å². The number of carbonyl (C=O) groups excluding carboxylic acids is 5. The number of alkyl carbamates (subject to hydrolysis) is 1. The molecule has 5 rings (SSSR count). The summed E-state index contributed by atoms with van der Waals surface area (Å²) in [5.41, 5.74) is 4.15. The number of carbonyl (C=O) groups is 5. The van der Waals surface area contributed by atoms with E-state index in [-0.39, 0.29) is 44.2 Å². The topological polar surface area (TPSA) is 192 Å². The van der Waals surface area contributed by atoms with Gasteiger partial charge < -0.3 is 31.1 Å². The minimum absolute atomic E-state index is 0.0293. The van der Waals surface area contributed by atoms with E-state index in [0.29, 0.717) is 18.5 Å². The van der Waals surface area contributed by atoms with Gasteiger partial charge in [-0.1, -0.05) is 101 Å². The first-order chi connectivity index (χ1) is 29.2. The number of urea groups is 1. The molecule has 324 valence electrons. The fourth-order valence-corrected chi connectivity index (χ4v) is 7.64. The van der Waals surface area contributed by atoms with Crippen molar-refractivity contribution in [3.8, 4) is 11.3 Å². The zero-order valence-electron chi connectivity index (χ0n) is 35.9. The Morgan fingerprint density at radius 2 is 1.62 bits per heavy atom. The Morgan fingerprint density at radius 1 is 0.918 bits per heavy atom. The van der Waals surface area contributed by atoms with Crippen LogP contribution in [0.5, 0.6) is 0 Å². The van der Waals surface area contributed by atoms with Gasteiger partial charge in [0.1, 0.15) is 6.04 Å². The number of aromatic nitrogens is 2. The Kier molecular flexibility index (Phi) is 16.1. The maximum Gasteiger partial charge on any atom is 0.406 e. The van der Waals surface area contributed by atoms with Crippen LogP contribution in [0.3, 0.4) is 0 Å². The molecule has 0 radical (unpaired) electrons. The first kappa shape index (κ1) is 45.9. The lowest BCUT2D eigenvalue weighted by Gasteiger charge is -2.32. The molecule has 0 bridgehead atoms. The number of aryl methyl sites for hydroxylation is 1. The van der Waals surface area contributed by atoms with Crippen LogP contribution in [0.25, 0.3) is 11.3 Å². The van der Waals surface area contributed by atoms with Gasteiger partial charge in [-0.2, -0.15) is 0 Å². The molecule has 0 aliphatic carbocycles. The van der Waals surface area contributed by atoms with Crippen molar-refractivity contribution in [2.75, 3.05) is 13.7 Å². The SMILES string of the molecule is CCC(C)C(C(=O)NC(Cc1ccccc1)CC(O)C(Cc1ccc(-c2ccccn2)cc1)NC(=O)CC(C)(C)CNC(=O)OC)C1NC(=O)N(Cc2cccc(C)n2)C1=O. The van der Waals surface area contributed by atoms with Crippen LogP contribution in [0.15, 0.2) is 97.2 Å². The Balaban J connectivity index is 1.39. The van der Waals surface area contributed by atoms with Crippen LogP contribution < -0.4 is 21.3 Å². The van der Waals surface area contributed by atoms with Crippen molar-refractivity contribution in [1.29, 1.82) is 0 Å². The molecule has 1 fully saturated rings. The molecule has 3 heterocycles. The standard InChI is InChI=1S/C47H59N7O7/c1-7-30(2)41(42-44(58)54(45(59)53-42)28-35-17-13-14-31(3)50-35)43(57)51-36(24-32-15-9-8-10-16-32)26-39(55)38(52-40(56)27-47(4,5)29-49-46(60)61-6)25-33-19-21-34(22-20-33)37-18-11-12-23-48-37/h8-23,30,36,38-39,41-42,55H,7,24-29H2,1-6H3,(H,49,60)(H,51,57)(H,52,56)(H,53,59). The maximum absolute atomic E-state index is 14.5. The van der Waals surface area contributed by atoms with E-state index >= 15 is 0 Å². The number of ether oxygens (including phenoxy) is 1. The molecule has 6 unspecified atom stereocenters. The van der Waals surface area contributed by atoms with Crippen LogP contribution in [-0.4, -0.2) is 87.7 Å². The zero-order chi connectivity index (χ0) is 44.1. The molecule has 1 aliphatic heterocycles. The lowest BCUT2D eigenvalue weighted by Crippen LogP contribution is -2.53. The van der Waals surface area contributed by atoms with Gasteiger partial charge in [0.25, 0.3) is 5.91 Å². The van der Waals surface area contributed by atoms with E-state index in [4.69, 9.17) is 4.74 Å². The van der Waals surface area contributed by atoms with Crippen molar-refractivity contribution in [2.45, 2.75) is 97.5 Å². The molecular weight excluding hydrogens is 775 g/mol. The predicted molar refractivity (Wildman–Crippen MR) is 232 cm³/mol. The van der Waals surface area contributed by atoms with E-state index in [0.717, 1.165) is 33.0 Å². The molecule has 14 nitrogen and oxygen atoms in total. The third kappa shape index (κ3) is 13.2. The second-order valence-corrected chi connectivity index (χ2v) is 16.7. The summed E-state index contributed by atoms with van der Waals surface area (Å²) in [6, 6.07) is 25.3. The number of nitrogens with one attached hydrogen (secondary N) is 4. The van der Waals surface area contributed by atoms with Crippen molar-refractivity contribution in [1.82, 2.24) is 36.1 Å². The Morgan fingerprint density at radius 3 is 2.28 bits per heavy atom. The maximum atomic E-state index is 14.5. The molecular formula is C47H59N7O7. The summed E-state index contributed by atoms with van der Waals surface area (Å²) in [5, 5.41) is 23.8. The number of aliphatic hydroxyl groups is 1. The van der Waals surface area contributed by atoms with E-state index < -0.39 is 59.5 Å². The summed E-state index contributed by atoms with van der Waals surface area (Å²) in [5.74, 6) is -2.47. The number of methoxy groups -OCH3 is 1. The average molecular weight is 834 g/mol. The minimum Gasteiger partial charge on any atom is -0.453 e. The van der Waals surface area contributed by atoms with E-state index in [2.05, 4.69) is 31.2 Å². The number of aliphatic hydroxyl groups excluding tert-OH is 1. The molecule has 6 atom stereocenters. The first-order valence-corrected chi connectivity index (χ1v) is 20.8. The highest BCUT2D eigenvalue weighted by atomic mass is 16.5. The van der Waals surface area contributed by atoms with E-state index in [1.54, 1.807) is 12.3 Å². The monoisotopic (exact) mass is 833 g/mol. The number of pyridine rings is 2. The van der Waals surface area contributed by atoms with Crippen LogP contribution >= 0.6 is 0 Å². The fraction of sp³-hybridized carbons (Fsp3) is 0.426. The number of hydrogen-bond acceptors (Lipinski definition) is 9. The quantitative estimate of drug-likeness (QED) is 0.0715. The third-order valence-electron chi connectivity index (χ3n) is 11.2. The molecule has 4 aromatic rings. The van der Waals surface area contributed by atoms with Gasteiger partial charge in [-0.3, -0.25) is 29.3 Å². The van der Waals surface area contributed by atoms with Crippen LogP contribution in [0, 0.1) is 24.2 Å². The van der Waals surface area contributed by atoms with Crippen molar-refractivity contribution in [3.05, 3.63) is 120 Å². The molecule has 5 N–H and O–H groups in total. The largest absolute Gasteiger partial charge is 0.453 e. The molecule has 0 spiro atoms. The van der Waals surface area contributed by atoms with Gasteiger partial charge in [0.05, 0.1) is 43.1 Å². The van der Waals surface area contributed by atoms with Gasteiger partial charge in [-0.15, -0.1) is 0 Å². The smallest absolute Gasteiger partial charge is 0.406 e. The number of imide groups is 1. The van der Waals surface area contributed by atoms with Crippen LogP contribution in [0.2, 0.25) is 0 Å². The molecule has 61 heavy (non-hydrogen) atoms. The van der Waals surface area contributed by atoms with Crippen LogP contribution in [-0.2, 0) is 38.5 Å². The Hall–Kier alpha value is -6.15. The molecule has 6 amide bonds. The molecule has 0 saturated carbocycles. The second-order valence-electron chi connectivity index (χ2n) is 16.7. The molecule has 1 saturated heterocycles. The predicted octanol–water partition coefficient (Wildman–Crippen LogP) is 5.51. The van der Waals surface area contributed by atoms with E-state index in [9.17, 15) is 29.1 Å². The summed E-state index contributed by atoms with van der Waals surface area (Å²) >= 11 is 0. The summed E-state index contributed by atoms with van der Waals surface area (Å²) in [4.78, 5) is 77.2. The molecule has 14 heteroatoms. The van der Waals surface area contributed by atoms with Gasteiger partial charge in [-0.05, 0) is 72.9 Å². The van der Waals surface area contributed by atoms with Crippen molar-refractivity contribution >= 4 is 29.8 Å². The lowest BCUT2D eigenvalue weighted by atomic mass is 9.83. The van der Waals surface area contributed by atoms with Crippen molar-refractivity contribution in [3.63, 3.8) is 0 Å². The minimum atomic E-state index is -1.14. The fourth-order valence-electron chi connectivity index (χ4n) is 7.64. The highest BCUT2D eigenvalue weighted by Crippen LogP contribution is 2.27. The number of benzene rings is 2. The summed E-state index contributed by atoms with van der Waals surface area (Å²) in [7, 11) is 1.27. The van der Waals surface area contributed by atoms with E-state index in [1.807, 2.05) is 120 Å². The third-order valence-corrected chi connectivity index (χ3v) is 11.2. The van der Waals surface area contributed by atoms with Gasteiger partial charge in [0.15, 0.2) is 0 Å². The number of hydrogen-bond donors (Lipinski definition) is 5. The lowest BCUT2D eigenvalue weighted by molar-refractivity contribution is -0.136. The van der Waals surface area contributed by atoms with Gasteiger partial charge in [0.2, 0.25) is 11.8 Å². The van der Waals surface area contributed by atoms with Crippen LogP contribution in [0.4, 0.5) is 9.59 Å². The van der Waals surface area contributed by atoms with Crippen molar-refractivity contribution < 1.29 is 33.8 Å². The molecule has 2 aromatic carbocycles. The second kappa shape index (κ2) is 21.4. The normalized spacial score (nSPS) is 16.4. The Bertz CT molecular complexity index is 2100. The van der Waals surface area contributed by atoms with Gasteiger partial charge in [0, 0.05) is 36.5 Å². The van der Waals surface area contributed by atoms with E-state index in [1.165, 1.54) is 7.11 Å². The highest BCUT2D eigenvalue weighted by molar-refractivity contribution is 6.06. The van der Waals surface area contributed by atoms with Gasteiger partial charge >= 0.3 is 12.1 Å². The Labute approximate surface area is 358 Å². The zero-order valence-corrected chi connectivity index (χ0v) is 35.9. The first-order valence-electron chi connectivity index (χ1n) is 20.8. The highest BCUT2D eigenvalue weighted by Gasteiger charge is 2.47. The number of rotatable bonds is 20. The number of amides is 6. The molecule has 1 aliphatic rings. The summed E-state index contributed by atoms with van der Waals surface area (Å²) < 4.78 is 4.70. The molecule has 2 aromatic heterocycles. The average Bonchev–Trinajstić information content (AvgIpc) is 3.51. The van der Waals surface area contributed by atoms with Crippen molar-refractivity contribution in [2.24, 2.45) is 17.3 Å². The number of nitrogens with zero attached hydrogens (tertiary/aromatic N) is 3.